The van der Waals surface area contributed by atoms with Gasteiger partial charge in [0.15, 0.2) is 0 Å². The van der Waals surface area contributed by atoms with Gasteiger partial charge in [0.05, 0.1) is 10.6 Å². The van der Waals surface area contributed by atoms with Gasteiger partial charge >= 0.3 is 6.18 Å². The molecule has 0 spiro atoms. The van der Waals surface area contributed by atoms with Crippen molar-refractivity contribution in [3.8, 4) is 11.1 Å². The van der Waals surface area contributed by atoms with Crippen LogP contribution in [0.5, 0.6) is 0 Å². The summed E-state index contributed by atoms with van der Waals surface area (Å²) in [6.45, 7) is 0.531. The molecule has 29 heavy (non-hydrogen) atoms. The van der Waals surface area contributed by atoms with E-state index in [1.54, 1.807) is 23.1 Å². The molecule has 7 heteroatoms. The Balaban J connectivity index is 1.82. The lowest BCUT2D eigenvalue weighted by atomic mass is 9.96. The maximum atomic E-state index is 13.9. The maximum Gasteiger partial charge on any atom is 0.416 e. The summed E-state index contributed by atoms with van der Waals surface area (Å²) in [6.07, 6.45) is -2.91. The average Bonchev–Trinajstić information content (AvgIpc) is 2.69. The van der Waals surface area contributed by atoms with E-state index >= 15 is 0 Å². The molecule has 4 rings (SSSR count). The lowest BCUT2D eigenvalue weighted by Crippen LogP contribution is -2.25. The van der Waals surface area contributed by atoms with Crippen LogP contribution in [0.3, 0.4) is 0 Å². The van der Waals surface area contributed by atoms with E-state index in [9.17, 15) is 22.0 Å². The van der Waals surface area contributed by atoms with E-state index < -0.39 is 23.4 Å². The number of hydrogen-bond acceptors (Lipinski definition) is 1. The molecule has 0 amide bonds. The molecule has 0 aliphatic carbocycles. The van der Waals surface area contributed by atoms with Crippen LogP contribution in [0.2, 0.25) is 5.02 Å². The fraction of sp³-hybridized carbons (Fsp3) is 0.182. The Labute approximate surface area is 169 Å². The minimum atomic E-state index is -4.44. The Morgan fingerprint density at radius 3 is 2.48 bits per heavy atom. The van der Waals surface area contributed by atoms with Crippen LogP contribution in [0.1, 0.15) is 17.5 Å². The Morgan fingerprint density at radius 1 is 0.931 bits per heavy atom. The smallest absolute Gasteiger partial charge is 0.341 e. The summed E-state index contributed by atoms with van der Waals surface area (Å²) >= 11 is 6.03. The summed E-state index contributed by atoms with van der Waals surface area (Å²) in [6, 6.07) is 12.2. The highest BCUT2D eigenvalue weighted by atomic mass is 35.5. The number of hydrogen-bond donors (Lipinski definition) is 0. The molecule has 0 atom stereocenters. The zero-order valence-corrected chi connectivity index (χ0v) is 15.8. The number of aryl methyl sites for hydroxylation is 1. The molecule has 0 radical (unpaired) electrons. The zero-order valence-electron chi connectivity index (χ0n) is 15.0. The highest BCUT2D eigenvalue weighted by Crippen LogP contribution is 2.40. The number of benzene rings is 3. The molecule has 3 aromatic carbocycles. The van der Waals surface area contributed by atoms with E-state index in [1.807, 2.05) is 6.07 Å². The highest BCUT2D eigenvalue weighted by molar-refractivity contribution is 6.33. The second kappa shape index (κ2) is 7.34. The molecular weight excluding hydrogens is 409 g/mol. The van der Waals surface area contributed by atoms with Crippen molar-refractivity contribution in [1.82, 2.24) is 0 Å². The first-order valence-electron chi connectivity index (χ1n) is 8.96. The van der Waals surface area contributed by atoms with Gasteiger partial charge in [-0.15, -0.1) is 0 Å². The van der Waals surface area contributed by atoms with Crippen molar-refractivity contribution in [3.63, 3.8) is 0 Å². The van der Waals surface area contributed by atoms with Gasteiger partial charge in [0.25, 0.3) is 0 Å². The van der Waals surface area contributed by atoms with Gasteiger partial charge in [-0.05, 0) is 54.3 Å². The molecule has 1 aliphatic heterocycles. The number of fused-ring (bicyclic) bond motifs is 1. The van der Waals surface area contributed by atoms with Crippen molar-refractivity contribution >= 4 is 23.0 Å². The number of alkyl halides is 3. The Bertz CT molecular complexity index is 1080. The molecule has 0 unspecified atom stereocenters. The van der Waals surface area contributed by atoms with Crippen molar-refractivity contribution in [3.05, 3.63) is 82.4 Å². The van der Waals surface area contributed by atoms with Crippen molar-refractivity contribution in [2.24, 2.45) is 0 Å². The van der Waals surface area contributed by atoms with Gasteiger partial charge in [-0.3, -0.25) is 0 Å². The van der Waals surface area contributed by atoms with E-state index in [0.29, 0.717) is 29.5 Å². The van der Waals surface area contributed by atoms with Crippen LogP contribution in [0.4, 0.5) is 33.3 Å². The summed E-state index contributed by atoms with van der Waals surface area (Å²) in [7, 11) is 0. The van der Waals surface area contributed by atoms with Crippen LogP contribution in [-0.2, 0) is 12.6 Å². The highest BCUT2D eigenvalue weighted by Gasteiger charge is 2.31. The first-order valence-corrected chi connectivity index (χ1v) is 9.34. The Morgan fingerprint density at radius 2 is 1.72 bits per heavy atom. The van der Waals surface area contributed by atoms with Crippen molar-refractivity contribution in [1.29, 1.82) is 0 Å². The molecule has 0 aromatic heterocycles. The molecule has 1 heterocycles. The van der Waals surface area contributed by atoms with Gasteiger partial charge in [-0.25, -0.2) is 8.78 Å². The zero-order chi connectivity index (χ0) is 20.8. The van der Waals surface area contributed by atoms with Gasteiger partial charge in [0.1, 0.15) is 11.6 Å². The van der Waals surface area contributed by atoms with Gasteiger partial charge in [0, 0.05) is 29.5 Å². The molecule has 3 aromatic rings. The Kier molecular flexibility index (Phi) is 4.99. The molecular formula is C22H15ClF5N. The third kappa shape index (κ3) is 3.81. The molecule has 0 saturated carbocycles. The quantitative estimate of drug-likeness (QED) is 0.307. The Hall–Kier alpha value is -2.60. The van der Waals surface area contributed by atoms with Crippen LogP contribution >= 0.6 is 11.6 Å². The fourth-order valence-corrected chi connectivity index (χ4v) is 3.84. The summed E-state index contributed by atoms with van der Waals surface area (Å²) in [5.41, 5.74) is 2.02. The molecule has 0 bridgehead atoms. The van der Waals surface area contributed by atoms with E-state index in [0.717, 1.165) is 36.6 Å². The van der Waals surface area contributed by atoms with Crippen LogP contribution in [0.25, 0.3) is 11.1 Å². The lowest BCUT2D eigenvalue weighted by Gasteiger charge is -2.32. The molecule has 1 nitrogen and oxygen atoms in total. The maximum absolute atomic E-state index is 13.9. The van der Waals surface area contributed by atoms with Crippen LogP contribution in [0, 0.1) is 11.6 Å². The topological polar surface area (TPSA) is 3.24 Å². The summed E-state index contributed by atoms with van der Waals surface area (Å²) in [4.78, 5) is 1.79. The summed E-state index contributed by atoms with van der Waals surface area (Å²) in [5.74, 6) is -1.62. The second-order valence-electron chi connectivity index (χ2n) is 6.90. The number of anilines is 2. The first-order chi connectivity index (χ1) is 13.7. The number of rotatable bonds is 2. The average molecular weight is 424 g/mol. The second-order valence-corrected chi connectivity index (χ2v) is 7.27. The van der Waals surface area contributed by atoms with Crippen LogP contribution in [-0.4, -0.2) is 6.54 Å². The van der Waals surface area contributed by atoms with E-state index in [4.69, 9.17) is 11.6 Å². The van der Waals surface area contributed by atoms with Crippen molar-refractivity contribution in [2.45, 2.75) is 19.0 Å². The number of nitrogens with zero attached hydrogens (tertiary/aromatic N) is 1. The third-order valence-electron chi connectivity index (χ3n) is 4.99. The predicted molar refractivity (Wildman–Crippen MR) is 104 cm³/mol. The molecule has 1 aliphatic rings. The molecule has 0 fully saturated rings. The van der Waals surface area contributed by atoms with Gasteiger partial charge in [-0.1, -0.05) is 29.8 Å². The van der Waals surface area contributed by atoms with E-state index in [1.165, 1.54) is 6.07 Å². The largest absolute Gasteiger partial charge is 0.416 e. The summed E-state index contributed by atoms with van der Waals surface area (Å²) < 4.78 is 67.0. The lowest BCUT2D eigenvalue weighted by molar-refractivity contribution is -0.137. The van der Waals surface area contributed by atoms with Gasteiger partial charge in [0.2, 0.25) is 0 Å². The SMILES string of the molecule is Fc1cc(F)c(Cl)c(-c2ccc3c(c2)N(c2cccc(C(F)(F)F)c2)CCC3)c1. The van der Waals surface area contributed by atoms with Crippen LogP contribution in [0.15, 0.2) is 54.6 Å². The van der Waals surface area contributed by atoms with E-state index in [-0.39, 0.29) is 10.6 Å². The standard InChI is InChI=1S/C22H15ClF5N/c23-21-18(11-16(24)12-19(21)25)14-7-6-13-3-2-8-29(20(13)9-14)17-5-1-4-15(10-17)22(26,27)28/h1,4-7,9-12H,2-3,8H2. The van der Waals surface area contributed by atoms with Gasteiger partial charge < -0.3 is 4.90 Å². The van der Waals surface area contributed by atoms with Crippen molar-refractivity contribution < 1.29 is 22.0 Å². The van der Waals surface area contributed by atoms with E-state index in [2.05, 4.69) is 0 Å². The predicted octanol–water partition coefficient (Wildman–Crippen LogP) is 7.39. The van der Waals surface area contributed by atoms with Crippen molar-refractivity contribution in [2.75, 3.05) is 11.4 Å². The van der Waals surface area contributed by atoms with Crippen LogP contribution < -0.4 is 4.90 Å². The molecule has 0 saturated heterocycles. The van der Waals surface area contributed by atoms with Gasteiger partial charge in [-0.2, -0.15) is 13.2 Å². The fourth-order valence-electron chi connectivity index (χ4n) is 3.63. The monoisotopic (exact) mass is 423 g/mol. The first kappa shape index (κ1) is 19.7. The molecule has 150 valence electrons. The third-order valence-corrected chi connectivity index (χ3v) is 5.38. The normalized spacial score (nSPS) is 14.1. The number of halogens is 6. The summed E-state index contributed by atoms with van der Waals surface area (Å²) in [5, 5.41) is -0.201. The minimum Gasteiger partial charge on any atom is -0.341 e. The minimum absolute atomic E-state index is 0.196. The molecule has 0 N–H and O–H groups in total.